The third-order valence-corrected chi connectivity index (χ3v) is 6.18. The van der Waals surface area contributed by atoms with Gasteiger partial charge in [0, 0.05) is 42.7 Å². The van der Waals surface area contributed by atoms with Gasteiger partial charge in [0.1, 0.15) is 11.9 Å². The van der Waals surface area contributed by atoms with Crippen LogP contribution in [-0.2, 0) is 27.3 Å². The first-order valence-corrected chi connectivity index (χ1v) is 12.1. The van der Waals surface area contributed by atoms with Gasteiger partial charge in [-0.1, -0.05) is 11.6 Å². The lowest BCUT2D eigenvalue weighted by molar-refractivity contribution is -0.136. The number of rotatable bonds is 6. The van der Waals surface area contributed by atoms with Gasteiger partial charge in [-0.25, -0.2) is 9.97 Å². The third kappa shape index (κ3) is 8.40. The van der Waals surface area contributed by atoms with Crippen LogP contribution in [-0.4, -0.2) is 70.2 Å². The fraction of sp³-hybridized carbons (Fsp3) is 0.455. The molecule has 1 aliphatic rings. The Balaban J connectivity index is 0.00000456. The van der Waals surface area contributed by atoms with Crippen molar-refractivity contribution in [1.29, 1.82) is 0 Å². The number of nitrogens with zero attached hydrogens (tertiary/aromatic N) is 3. The summed E-state index contributed by atoms with van der Waals surface area (Å²) in [6.45, 7) is 6.64. The van der Waals surface area contributed by atoms with Crippen molar-refractivity contribution in [2.75, 3.05) is 25.5 Å². The van der Waals surface area contributed by atoms with Gasteiger partial charge in [-0.15, -0.1) is 23.7 Å². The van der Waals surface area contributed by atoms with Crippen molar-refractivity contribution in [3.63, 3.8) is 0 Å². The fourth-order valence-corrected chi connectivity index (χ4v) is 4.41. The molecule has 2 aromatic rings. The molecule has 0 aliphatic carbocycles. The largest absolute Gasteiger partial charge is 0.350 e. The minimum absolute atomic E-state index is 0. The lowest BCUT2D eigenvalue weighted by atomic mass is 10.1. The summed E-state index contributed by atoms with van der Waals surface area (Å²) in [5, 5.41) is 10.8. The minimum Gasteiger partial charge on any atom is -0.350 e. The van der Waals surface area contributed by atoms with E-state index in [9.17, 15) is 19.2 Å². The number of carbonyl (C=O) groups excluding carboxylic acids is 4. The van der Waals surface area contributed by atoms with Crippen LogP contribution < -0.4 is 21.3 Å². The zero-order valence-corrected chi connectivity index (χ0v) is 22.7. The summed E-state index contributed by atoms with van der Waals surface area (Å²) in [7, 11) is 2.00. The van der Waals surface area contributed by atoms with Gasteiger partial charge < -0.3 is 26.2 Å². The SMILES string of the molecule is CN1CCc2nc(C(=O)NC(CNC(=O)C(=O)Nc3ccc(Cl)cn3)C(=O)NC(C)(C)C)sc2C1.Cl. The van der Waals surface area contributed by atoms with E-state index in [1.54, 1.807) is 20.8 Å². The van der Waals surface area contributed by atoms with E-state index in [-0.39, 0.29) is 29.8 Å². The number of nitrogens with one attached hydrogen (secondary N) is 4. The highest BCUT2D eigenvalue weighted by Crippen LogP contribution is 2.24. The summed E-state index contributed by atoms with van der Waals surface area (Å²) >= 11 is 7.04. The van der Waals surface area contributed by atoms with Crippen molar-refractivity contribution in [1.82, 2.24) is 30.8 Å². The van der Waals surface area contributed by atoms with Crippen LogP contribution >= 0.6 is 35.3 Å². The summed E-state index contributed by atoms with van der Waals surface area (Å²) in [4.78, 5) is 61.7. The molecule has 36 heavy (non-hydrogen) atoms. The Hall–Kier alpha value is -2.80. The van der Waals surface area contributed by atoms with E-state index < -0.39 is 35.2 Å². The van der Waals surface area contributed by atoms with Crippen molar-refractivity contribution in [3.8, 4) is 0 Å². The Morgan fingerprint density at radius 1 is 1.19 bits per heavy atom. The predicted molar refractivity (Wildman–Crippen MR) is 139 cm³/mol. The van der Waals surface area contributed by atoms with Crippen LogP contribution in [0.2, 0.25) is 5.02 Å². The van der Waals surface area contributed by atoms with E-state index in [0.717, 1.165) is 23.5 Å². The van der Waals surface area contributed by atoms with Crippen LogP contribution in [0.3, 0.4) is 0 Å². The second-order valence-corrected chi connectivity index (χ2v) is 10.7. The monoisotopic (exact) mass is 557 g/mol. The summed E-state index contributed by atoms with van der Waals surface area (Å²) in [5.74, 6) is -2.85. The molecule has 196 valence electrons. The molecular weight excluding hydrogens is 529 g/mol. The molecule has 3 heterocycles. The van der Waals surface area contributed by atoms with Crippen molar-refractivity contribution in [2.24, 2.45) is 0 Å². The van der Waals surface area contributed by atoms with E-state index >= 15 is 0 Å². The smallest absolute Gasteiger partial charge is 0.314 e. The quantitative estimate of drug-likeness (QED) is 0.392. The minimum atomic E-state index is -1.13. The highest BCUT2D eigenvalue weighted by atomic mass is 35.5. The Labute approximate surface area is 224 Å². The van der Waals surface area contributed by atoms with Crippen LogP contribution in [0.15, 0.2) is 18.3 Å². The molecule has 0 saturated heterocycles. The maximum Gasteiger partial charge on any atom is 0.314 e. The number of likely N-dealkylation sites (N-methyl/N-ethyl adjacent to an activating group) is 1. The lowest BCUT2D eigenvalue weighted by Gasteiger charge is -2.25. The summed E-state index contributed by atoms with van der Waals surface area (Å²) < 4.78 is 0. The van der Waals surface area contributed by atoms with Crippen LogP contribution in [0.25, 0.3) is 0 Å². The highest BCUT2D eigenvalue weighted by molar-refractivity contribution is 7.13. The number of aromatic nitrogens is 2. The first-order chi connectivity index (χ1) is 16.4. The second kappa shape index (κ2) is 12.4. The van der Waals surface area contributed by atoms with Gasteiger partial charge in [-0.05, 0) is 40.0 Å². The molecular formula is C22H29Cl2N7O4S. The number of halogens is 2. The van der Waals surface area contributed by atoms with Crippen molar-refractivity contribution < 1.29 is 19.2 Å². The Morgan fingerprint density at radius 3 is 2.56 bits per heavy atom. The molecule has 0 aromatic carbocycles. The average Bonchev–Trinajstić information content (AvgIpc) is 3.19. The van der Waals surface area contributed by atoms with Crippen LogP contribution in [0.1, 0.15) is 41.1 Å². The molecule has 4 N–H and O–H groups in total. The number of anilines is 1. The Morgan fingerprint density at radius 2 is 1.92 bits per heavy atom. The zero-order chi connectivity index (χ0) is 25.8. The molecule has 1 unspecified atom stereocenters. The van der Waals surface area contributed by atoms with Crippen molar-refractivity contribution >= 4 is 64.8 Å². The van der Waals surface area contributed by atoms with Gasteiger partial charge in [0.15, 0.2) is 5.01 Å². The zero-order valence-electron chi connectivity index (χ0n) is 20.3. The Kier molecular flexibility index (Phi) is 10.2. The number of thiazole rings is 1. The highest BCUT2D eigenvalue weighted by Gasteiger charge is 2.28. The molecule has 1 atom stereocenters. The van der Waals surface area contributed by atoms with E-state index in [2.05, 4.69) is 36.1 Å². The average molecular weight is 558 g/mol. The standard InChI is InChI=1S/C22H28ClN7O4S.ClH/c1-22(2,3)29-17(31)14(10-25-18(32)19(33)28-16-6-5-12(23)9-24-16)26-20(34)21-27-13-7-8-30(4)11-15(13)35-21;/h5-6,9,14H,7-8,10-11H2,1-4H3,(H,25,32)(H,26,34)(H,29,31)(H,24,28,33);1H. The molecule has 0 saturated carbocycles. The number of amides is 4. The van der Waals surface area contributed by atoms with E-state index in [4.69, 9.17) is 11.6 Å². The molecule has 0 radical (unpaired) electrons. The van der Waals surface area contributed by atoms with Gasteiger partial charge >= 0.3 is 11.8 Å². The Bertz CT molecular complexity index is 1120. The van der Waals surface area contributed by atoms with Gasteiger partial charge in [-0.2, -0.15) is 0 Å². The number of pyridine rings is 1. The maximum absolute atomic E-state index is 12.9. The lowest BCUT2D eigenvalue weighted by Crippen LogP contribution is -2.56. The van der Waals surface area contributed by atoms with Gasteiger partial charge in [-0.3, -0.25) is 19.2 Å². The van der Waals surface area contributed by atoms with Crippen LogP contribution in [0, 0.1) is 0 Å². The molecule has 3 rings (SSSR count). The van der Waals surface area contributed by atoms with E-state index in [1.165, 1.54) is 29.7 Å². The van der Waals surface area contributed by atoms with Gasteiger partial charge in [0.05, 0.1) is 10.7 Å². The third-order valence-electron chi connectivity index (χ3n) is 4.88. The molecule has 0 bridgehead atoms. The van der Waals surface area contributed by atoms with Crippen LogP contribution in [0.4, 0.5) is 5.82 Å². The van der Waals surface area contributed by atoms with Crippen molar-refractivity contribution in [2.45, 2.75) is 45.3 Å². The second-order valence-electron chi connectivity index (χ2n) is 9.17. The van der Waals surface area contributed by atoms with Gasteiger partial charge in [0.2, 0.25) is 5.91 Å². The molecule has 1 aliphatic heterocycles. The summed E-state index contributed by atoms with van der Waals surface area (Å²) in [6, 6.07) is 1.83. The first kappa shape index (κ1) is 29.4. The fourth-order valence-electron chi connectivity index (χ4n) is 3.20. The number of hydrogen-bond acceptors (Lipinski definition) is 8. The normalized spacial score (nSPS) is 14.0. The van der Waals surface area contributed by atoms with E-state index in [1.807, 2.05) is 7.05 Å². The number of carbonyl (C=O) groups is 4. The number of hydrogen-bond donors (Lipinski definition) is 4. The molecule has 0 spiro atoms. The molecule has 14 heteroatoms. The first-order valence-electron chi connectivity index (χ1n) is 10.9. The maximum atomic E-state index is 12.9. The molecule has 2 aromatic heterocycles. The predicted octanol–water partition coefficient (Wildman–Crippen LogP) is 1.37. The summed E-state index contributed by atoms with van der Waals surface area (Å²) in [5.41, 5.74) is 0.307. The van der Waals surface area contributed by atoms with Gasteiger partial charge in [0.25, 0.3) is 5.91 Å². The van der Waals surface area contributed by atoms with Crippen molar-refractivity contribution in [3.05, 3.63) is 38.9 Å². The molecule has 11 nitrogen and oxygen atoms in total. The van der Waals surface area contributed by atoms with E-state index in [0.29, 0.717) is 11.6 Å². The number of fused-ring (bicyclic) bond motifs is 1. The van der Waals surface area contributed by atoms with Crippen LogP contribution in [0.5, 0.6) is 0 Å². The topological polar surface area (TPSA) is 145 Å². The molecule has 0 fully saturated rings. The molecule has 4 amide bonds. The summed E-state index contributed by atoms with van der Waals surface area (Å²) in [6.07, 6.45) is 2.07.